The molecule has 2 fully saturated rings. The Morgan fingerprint density at radius 1 is 1.18 bits per heavy atom. The van der Waals surface area contributed by atoms with Gasteiger partial charge in [0.15, 0.2) is 0 Å². The van der Waals surface area contributed by atoms with Crippen LogP contribution in [-0.4, -0.2) is 29.0 Å². The average Bonchev–Trinajstić information content (AvgIpc) is 3.63. The van der Waals surface area contributed by atoms with Crippen LogP contribution in [0.15, 0.2) is 47.0 Å². The maximum absolute atomic E-state index is 14.7. The fourth-order valence-electron chi connectivity index (χ4n) is 4.18. The summed E-state index contributed by atoms with van der Waals surface area (Å²) in [6.07, 6.45) is 3.80. The second-order valence-corrected chi connectivity index (χ2v) is 8.78. The lowest BCUT2D eigenvalue weighted by Crippen LogP contribution is -2.23. The molecule has 2 aliphatic rings. The Bertz CT molecular complexity index is 1220. The Morgan fingerprint density at radius 2 is 1.94 bits per heavy atom. The van der Waals surface area contributed by atoms with Crippen LogP contribution in [0.1, 0.15) is 69.9 Å². The minimum absolute atomic E-state index is 0.0242. The van der Waals surface area contributed by atoms with Crippen molar-refractivity contribution >= 4 is 41.2 Å². The highest BCUT2D eigenvalue weighted by Crippen LogP contribution is 2.43. The highest BCUT2D eigenvalue weighted by molar-refractivity contribution is 6.34. The Morgan fingerprint density at radius 3 is 2.58 bits per heavy atom. The van der Waals surface area contributed by atoms with Crippen LogP contribution in [0.3, 0.4) is 0 Å². The molecule has 2 saturated carbocycles. The molecule has 2 aromatic rings. The van der Waals surface area contributed by atoms with Crippen molar-refractivity contribution in [3.8, 4) is 0 Å². The van der Waals surface area contributed by atoms with Crippen LogP contribution in [-0.2, 0) is 4.79 Å². The molecule has 6 nitrogen and oxygen atoms in total. The van der Waals surface area contributed by atoms with E-state index in [1.807, 2.05) is 6.07 Å². The molecule has 0 bridgehead atoms. The largest absolute Gasteiger partial charge is 0.478 e. The van der Waals surface area contributed by atoms with Crippen LogP contribution in [0.2, 0.25) is 5.02 Å². The number of aldehydes is 1. The number of carbonyl (C=O) groups excluding carboxylic acids is 2. The van der Waals surface area contributed by atoms with Gasteiger partial charge in [-0.1, -0.05) is 23.7 Å². The summed E-state index contributed by atoms with van der Waals surface area (Å²) in [6, 6.07) is 8.77. The Balaban J connectivity index is 1.78. The molecule has 1 amide bonds. The summed E-state index contributed by atoms with van der Waals surface area (Å²) in [5.41, 5.74) is 8.19. The number of aliphatic imine (C=N–C) groups is 1. The van der Waals surface area contributed by atoms with Crippen molar-refractivity contribution in [1.82, 2.24) is 0 Å². The van der Waals surface area contributed by atoms with Crippen LogP contribution in [0.5, 0.6) is 0 Å². The first-order valence-corrected chi connectivity index (χ1v) is 11.1. The number of nitrogens with zero attached hydrogens (tertiary/aromatic N) is 1. The number of amides is 1. The molecule has 0 saturated heterocycles. The van der Waals surface area contributed by atoms with Gasteiger partial charge in [0, 0.05) is 17.2 Å². The summed E-state index contributed by atoms with van der Waals surface area (Å²) in [5, 5.41) is 9.38. The van der Waals surface area contributed by atoms with Crippen LogP contribution >= 0.6 is 11.6 Å². The molecular formula is C25H22ClFN2O4. The zero-order valence-electron chi connectivity index (χ0n) is 17.7. The minimum atomic E-state index is -1.25. The first-order chi connectivity index (χ1) is 15.8. The van der Waals surface area contributed by atoms with E-state index in [1.165, 1.54) is 12.1 Å². The number of benzene rings is 2. The van der Waals surface area contributed by atoms with Gasteiger partial charge < -0.3 is 15.6 Å². The molecule has 0 radical (unpaired) electrons. The fourth-order valence-corrected chi connectivity index (χ4v) is 4.44. The van der Waals surface area contributed by atoms with Crippen molar-refractivity contribution in [2.24, 2.45) is 16.6 Å². The molecule has 1 unspecified atom stereocenters. The number of aromatic carboxylic acids is 1. The maximum atomic E-state index is 14.7. The monoisotopic (exact) mass is 468 g/mol. The number of nitrogens with two attached hydrogens (primary N) is 1. The van der Waals surface area contributed by atoms with Gasteiger partial charge in [-0.25, -0.2) is 14.2 Å². The number of rotatable bonds is 5. The zero-order chi connectivity index (χ0) is 23.7. The third-order valence-corrected chi connectivity index (χ3v) is 6.42. The molecule has 2 aromatic carbocycles. The van der Waals surface area contributed by atoms with Crippen molar-refractivity contribution < 1.29 is 23.9 Å². The topological polar surface area (TPSA) is 110 Å². The third kappa shape index (κ3) is 4.73. The van der Waals surface area contributed by atoms with E-state index in [2.05, 4.69) is 4.99 Å². The molecule has 3 N–H and O–H groups in total. The molecule has 33 heavy (non-hydrogen) atoms. The van der Waals surface area contributed by atoms with Crippen LogP contribution in [0.25, 0.3) is 5.70 Å². The van der Waals surface area contributed by atoms with Gasteiger partial charge in [0.1, 0.15) is 12.1 Å². The SMILES string of the molecule is NC(=C1CCC(C=O)CC1=NC(=O)c1c(Cl)cccc1C1CC1)c1ccc(C(=O)O)cc1F. The van der Waals surface area contributed by atoms with Crippen molar-refractivity contribution in [1.29, 1.82) is 0 Å². The normalized spacial score (nSPS) is 21.0. The molecule has 0 spiro atoms. The summed E-state index contributed by atoms with van der Waals surface area (Å²) < 4.78 is 14.7. The molecule has 170 valence electrons. The van der Waals surface area contributed by atoms with E-state index in [1.54, 1.807) is 12.1 Å². The van der Waals surface area contributed by atoms with Gasteiger partial charge in [0.25, 0.3) is 5.91 Å². The number of allylic oxidation sites excluding steroid dienone is 1. The quantitative estimate of drug-likeness (QED) is 0.599. The number of carboxylic acid groups (broad SMARTS) is 1. The number of hydrogen-bond acceptors (Lipinski definition) is 4. The highest BCUT2D eigenvalue weighted by Gasteiger charge is 2.31. The molecule has 0 aromatic heterocycles. The Hall–Kier alpha value is -3.32. The Labute approximate surface area is 195 Å². The molecule has 4 rings (SSSR count). The summed E-state index contributed by atoms with van der Waals surface area (Å²) >= 11 is 6.35. The lowest BCUT2D eigenvalue weighted by atomic mass is 9.83. The van der Waals surface area contributed by atoms with E-state index in [0.717, 1.165) is 30.8 Å². The molecular weight excluding hydrogens is 447 g/mol. The zero-order valence-corrected chi connectivity index (χ0v) is 18.4. The number of carboxylic acids is 1. The lowest BCUT2D eigenvalue weighted by molar-refractivity contribution is -0.111. The summed E-state index contributed by atoms with van der Waals surface area (Å²) in [7, 11) is 0. The Kier molecular flexibility index (Phi) is 6.42. The van der Waals surface area contributed by atoms with Crippen LogP contribution in [0.4, 0.5) is 4.39 Å². The molecule has 0 aliphatic heterocycles. The minimum Gasteiger partial charge on any atom is -0.478 e. The average molecular weight is 469 g/mol. The van der Waals surface area contributed by atoms with E-state index in [9.17, 15) is 18.8 Å². The summed E-state index contributed by atoms with van der Waals surface area (Å²) in [5.74, 6) is -2.61. The van der Waals surface area contributed by atoms with E-state index in [4.69, 9.17) is 22.4 Å². The van der Waals surface area contributed by atoms with Gasteiger partial charge in [0.2, 0.25) is 0 Å². The smallest absolute Gasteiger partial charge is 0.335 e. The maximum Gasteiger partial charge on any atom is 0.335 e. The van der Waals surface area contributed by atoms with E-state index in [-0.39, 0.29) is 35.1 Å². The van der Waals surface area contributed by atoms with Crippen molar-refractivity contribution in [2.45, 2.75) is 38.0 Å². The van der Waals surface area contributed by atoms with E-state index < -0.39 is 17.7 Å². The number of hydrogen-bond donors (Lipinski definition) is 2. The third-order valence-electron chi connectivity index (χ3n) is 6.11. The molecule has 8 heteroatoms. The van der Waals surface area contributed by atoms with Gasteiger partial charge >= 0.3 is 5.97 Å². The predicted molar refractivity (Wildman–Crippen MR) is 123 cm³/mol. The van der Waals surface area contributed by atoms with Crippen molar-refractivity contribution in [2.75, 3.05) is 0 Å². The molecule has 2 aliphatic carbocycles. The first-order valence-electron chi connectivity index (χ1n) is 10.7. The predicted octanol–water partition coefficient (Wildman–Crippen LogP) is 5.00. The van der Waals surface area contributed by atoms with Crippen LogP contribution < -0.4 is 5.73 Å². The van der Waals surface area contributed by atoms with Crippen molar-refractivity contribution in [3.05, 3.63) is 75.1 Å². The van der Waals surface area contributed by atoms with Gasteiger partial charge in [-0.15, -0.1) is 0 Å². The lowest BCUT2D eigenvalue weighted by Gasteiger charge is -2.24. The van der Waals surface area contributed by atoms with Gasteiger partial charge in [-0.3, -0.25) is 4.79 Å². The summed E-state index contributed by atoms with van der Waals surface area (Å²) in [6.45, 7) is 0. The second-order valence-electron chi connectivity index (χ2n) is 8.37. The van der Waals surface area contributed by atoms with E-state index in [0.29, 0.717) is 34.7 Å². The summed E-state index contributed by atoms with van der Waals surface area (Å²) in [4.78, 5) is 40.1. The highest BCUT2D eigenvalue weighted by atomic mass is 35.5. The molecule has 0 heterocycles. The van der Waals surface area contributed by atoms with Gasteiger partial charge in [-0.2, -0.15) is 0 Å². The van der Waals surface area contributed by atoms with Gasteiger partial charge in [0.05, 0.1) is 21.9 Å². The van der Waals surface area contributed by atoms with Crippen LogP contribution in [0, 0.1) is 11.7 Å². The number of carbonyl (C=O) groups is 3. The molecule has 1 atom stereocenters. The first kappa shape index (κ1) is 22.9. The standard InChI is InChI=1S/C25H22ClFN2O4/c26-19-3-1-2-16(14-5-6-14)22(19)24(31)29-21-10-13(12-30)4-8-18(21)23(28)17-9-7-15(25(32)33)11-20(17)27/h1-3,7,9,11-14H,4-6,8,10,28H2,(H,32,33). The number of halogens is 2. The van der Waals surface area contributed by atoms with E-state index >= 15 is 0 Å². The fraction of sp³-hybridized carbons (Fsp3) is 0.280. The van der Waals surface area contributed by atoms with Gasteiger partial charge in [-0.05, 0) is 73.4 Å². The second kappa shape index (κ2) is 9.27. The van der Waals surface area contributed by atoms with Crippen molar-refractivity contribution in [3.63, 3.8) is 0 Å².